The van der Waals surface area contributed by atoms with Crippen LogP contribution in [0.3, 0.4) is 0 Å². The van der Waals surface area contributed by atoms with Crippen LogP contribution in [-0.4, -0.2) is 31.2 Å². The van der Waals surface area contributed by atoms with Gasteiger partial charge < -0.3 is 9.67 Å². The normalized spacial score (nSPS) is 19.2. The van der Waals surface area contributed by atoms with Crippen molar-refractivity contribution in [2.24, 2.45) is 0 Å². The van der Waals surface area contributed by atoms with E-state index in [-0.39, 0.29) is 11.4 Å². The Labute approximate surface area is 100 Å². The van der Waals surface area contributed by atoms with Crippen LogP contribution in [0.5, 0.6) is 0 Å². The summed E-state index contributed by atoms with van der Waals surface area (Å²) < 4.78 is 2.24. The quantitative estimate of drug-likeness (QED) is 0.870. The van der Waals surface area contributed by atoms with Crippen LogP contribution in [0.1, 0.15) is 38.3 Å². The average Bonchev–Trinajstić information content (AvgIpc) is 2.69. The van der Waals surface area contributed by atoms with E-state index in [2.05, 4.69) is 14.8 Å². The topological polar surface area (TPSA) is 50.9 Å². The maximum atomic E-state index is 9.42. The molecule has 5 heteroatoms. The Balaban J connectivity index is 1.97. The molecule has 2 atom stereocenters. The molecule has 0 saturated heterocycles. The zero-order valence-electron chi connectivity index (χ0n) is 9.89. The molecule has 90 valence electrons. The van der Waals surface area contributed by atoms with Crippen molar-refractivity contribution in [3.63, 3.8) is 0 Å². The fraction of sp³-hybridized carbons (Fsp3) is 0.818. The zero-order chi connectivity index (χ0) is 11.5. The predicted octanol–water partition coefficient (Wildman–Crippen LogP) is 1.62. The highest BCUT2D eigenvalue weighted by molar-refractivity contribution is 7.99. The summed E-state index contributed by atoms with van der Waals surface area (Å²) in [5, 5.41) is 18.1. The van der Waals surface area contributed by atoms with Crippen molar-refractivity contribution in [3.8, 4) is 0 Å². The van der Waals surface area contributed by atoms with E-state index < -0.39 is 0 Å². The molecule has 16 heavy (non-hydrogen) atoms. The molecule has 1 N–H and O–H groups in total. The van der Waals surface area contributed by atoms with Crippen LogP contribution < -0.4 is 0 Å². The lowest BCUT2D eigenvalue weighted by atomic mass is 10.2. The van der Waals surface area contributed by atoms with Gasteiger partial charge in [0, 0.05) is 18.2 Å². The molecular formula is C11H19N3OS. The summed E-state index contributed by atoms with van der Waals surface area (Å²) in [6, 6.07) is 0. The molecule has 0 spiro atoms. The number of aryl methyl sites for hydroxylation is 1. The molecule has 2 heterocycles. The molecule has 0 amide bonds. The molecular weight excluding hydrogens is 222 g/mol. The smallest absolute Gasteiger partial charge is 0.143 e. The van der Waals surface area contributed by atoms with Crippen molar-refractivity contribution in [1.82, 2.24) is 14.8 Å². The highest BCUT2D eigenvalue weighted by Gasteiger charge is 2.17. The number of aliphatic hydroxyl groups excluding tert-OH is 1. The van der Waals surface area contributed by atoms with Crippen molar-refractivity contribution >= 4 is 11.8 Å². The summed E-state index contributed by atoms with van der Waals surface area (Å²) in [6.45, 7) is 4.93. The maximum absolute atomic E-state index is 9.42. The molecule has 0 fully saturated rings. The van der Waals surface area contributed by atoms with Crippen LogP contribution in [-0.2, 0) is 18.7 Å². The first kappa shape index (κ1) is 11.9. The second-order valence-corrected chi connectivity index (χ2v) is 5.76. The molecule has 0 saturated carbocycles. The van der Waals surface area contributed by atoms with Crippen molar-refractivity contribution in [3.05, 3.63) is 11.6 Å². The zero-order valence-corrected chi connectivity index (χ0v) is 10.7. The van der Waals surface area contributed by atoms with Gasteiger partial charge in [0.05, 0.1) is 11.9 Å². The molecule has 1 aromatic heterocycles. The van der Waals surface area contributed by atoms with Crippen molar-refractivity contribution < 1.29 is 5.11 Å². The lowest BCUT2D eigenvalue weighted by Crippen LogP contribution is -2.17. The van der Waals surface area contributed by atoms with Crippen molar-refractivity contribution in [2.45, 2.75) is 56.8 Å². The first-order valence-corrected chi connectivity index (χ1v) is 6.94. The number of hydrogen-bond acceptors (Lipinski definition) is 4. The predicted molar refractivity (Wildman–Crippen MR) is 65.4 cm³/mol. The van der Waals surface area contributed by atoms with Gasteiger partial charge in [-0.1, -0.05) is 6.92 Å². The van der Waals surface area contributed by atoms with Gasteiger partial charge in [-0.05, 0) is 19.8 Å². The lowest BCUT2D eigenvalue weighted by Gasteiger charge is -2.16. The SMILES string of the molecule is CC(O)C(C)SCc1nnc2n1CCCC2. The average molecular weight is 241 g/mol. The second-order valence-electron chi connectivity index (χ2n) is 4.40. The molecule has 1 aliphatic heterocycles. The molecule has 0 bridgehead atoms. The Hall–Kier alpha value is -0.550. The standard InChI is InChI=1S/C11H19N3OS/c1-8(15)9(2)16-7-11-13-12-10-5-3-4-6-14(10)11/h8-9,15H,3-7H2,1-2H3. The number of rotatable bonds is 4. The third kappa shape index (κ3) is 2.58. The summed E-state index contributed by atoms with van der Waals surface area (Å²) in [7, 11) is 0. The van der Waals surface area contributed by atoms with E-state index in [0.717, 1.165) is 30.4 Å². The molecule has 4 nitrogen and oxygen atoms in total. The van der Waals surface area contributed by atoms with Gasteiger partial charge >= 0.3 is 0 Å². The molecule has 2 rings (SSSR count). The van der Waals surface area contributed by atoms with E-state index in [9.17, 15) is 5.11 Å². The van der Waals surface area contributed by atoms with Gasteiger partial charge in [0.2, 0.25) is 0 Å². The Kier molecular flexibility index (Phi) is 3.86. The second kappa shape index (κ2) is 5.19. The molecule has 1 aliphatic rings. The number of nitrogens with zero attached hydrogens (tertiary/aromatic N) is 3. The van der Waals surface area contributed by atoms with Crippen molar-refractivity contribution in [1.29, 1.82) is 0 Å². The van der Waals surface area contributed by atoms with Gasteiger partial charge in [0.25, 0.3) is 0 Å². The van der Waals surface area contributed by atoms with Crippen LogP contribution in [0.2, 0.25) is 0 Å². The monoisotopic (exact) mass is 241 g/mol. The number of hydrogen-bond donors (Lipinski definition) is 1. The summed E-state index contributed by atoms with van der Waals surface area (Å²) in [6.07, 6.45) is 3.25. The van der Waals surface area contributed by atoms with Crippen molar-refractivity contribution in [2.75, 3.05) is 0 Å². The minimum Gasteiger partial charge on any atom is -0.392 e. The van der Waals surface area contributed by atoms with Crippen LogP contribution in [0.25, 0.3) is 0 Å². The molecule has 0 aliphatic carbocycles. The van der Waals surface area contributed by atoms with E-state index in [4.69, 9.17) is 0 Å². The van der Waals surface area contributed by atoms with Gasteiger partial charge in [-0.2, -0.15) is 0 Å². The minimum absolute atomic E-state index is 0.247. The first-order chi connectivity index (χ1) is 7.68. The van der Waals surface area contributed by atoms with Gasteiger partial charge in [-0.3, -0.25) is 0 Å². The van der Waals surface area contributed by atoms with Crippen LogP contribution in [0.15, 0.2) is 0 Å². The van der Waals surface area contributed by atoms with E-state index >= 15 is 0 Å². The number of fused-ring (bicyclic) bond motifs is 1. The van der Waals surface area contributed by atoms with Gasteiger partial charge in [-0.25, -0.2) is 0 Å². The maximum Gasteiger partial charge on any atom is 0.143 e. The molecule has 0 aromatic carbocycles. The third-order valence-electron chi connectivity index (χ3n) is 3.09. The first-order valence-electron chi connectivity index (χ1n) is 5.89. The van der Waals surface area contributed by atoms with E-state index in [0.29, 0.717) is 0 Å². The Bertz CT molecular complexity index is 351. The van der Waals surface area contributed by atoms with E-state index in [1.165, 1.54) is 12.8 Å². The highest BCUT2D eigenvalue weighted by Crippen LogP contribution is 2.22. The highest BCUT2D eigenvalue weighted by atomic mass is 32.2. The Morgan fingerprint density at radius 2 is 2.19 bits per heavy atom. The number of aromatic nitrogens is 3. The Morgan fingerprint density at radius 1 is 1.38 bits per heavy atom. The third-order valence-corrected chi connectivity index (χ3v) is 4.44. The molecule has 1 aromatic rings. The number of aliphatic hydroxyl groups is 1. The summed E-state index contributed by atoms with van der Waals surface area (Å²) in [5.74, 6) is 3.04. The van der Waals surface area contributed by atoms with Crippen LogP contribution in [0, 0.1) is 0 Å². The summed E-state index contributed by atoms with van der Waals surface area (Å²) >= 11 is 1.74. The lowest BCUT2D eigenvalue weighted by molar-refractivity contribution is 0.196. The van der Waals surface area contributed by atoms with Gasteiger partial charge in [0.15, 0.2) is 0 Å². The Morgan fingerprint density at radius 3 is 2.94 bits per heavy atom. The van der Waals surface area contributed by atoms with E-state index in [1.54, 1.807) is 11.8 Å². The summed E-state index contributed by atoms with van der Waals surface area (Å²) in [4.78, 5) is 0. The summed E-state index contributed by atoms with van der Waals surface area (Å²) in [5.41, 5.74) is 0. The fourth-order valence-corrected chi connectivity index (χ4v) is 2.72. The molecule has 0 radical (unpaired) electrons. The minimum atomic E-state index is -0.270. The van der Waals surface area contributed by atoms with E-state index in [1.807, 2.05) is 13.8 Å². The van der Waals surface area contributed by atoms with Crippen LogP contribution >= 0.6 is 11.8 Å². The van der Waals surface area contributed by atoms with Crippen LogP contribution in [0.4, 0.5) is 0 Å². The largest absolute Gasteiger partial charge is 0.392 e. The van der Waals surface area contributed by atoms with Gasteiger partial charge in [0.1, 0.15) is 11.6 Å². The fourth-order valence-electron chi connectivity index (χ4n) is 1.82. The number of thioether (sulfide) groups is 1. The van der Waals surface area contributed by atoms with Gasteiger partial charge in [-0.15, -0.1) is 22.0 Å². The molecule has 2 unspecified atom stereocenters.